The van der Waals surface area contributed by atoms with Gasteiger partial charge in [0, 0.05) is 31.4 Å². The summed E-state index contributed by atoms with van der Waals surface area (Å²) >= 11 is 0. The van der Waals surface area contributed by atoms with Crippen LogP contribution in [0, 0.1) is 5.82 Å². The summed E-state index contributed by atoms with van der Waals surface area (Å²) in [7, 11) is 3.09. The SMILES string of the molecule is COc1ccc(N2CCN(CC(=O)NCCc3ccc(F)cc3)C2=O)cc1OC. The first-order chi connectivity index (χ1) is 14.0. The summed E-state index contributed by atoms with van der Waals surface area (Å²) in [6, 6.07) is 11.2. The van der Waals surface area contributed by atoms with Crippen molar-refractivity contribution in [1.82, 2.24) is 10.2 Å². The van der Waals surface area contributed by atoms with Crippen LogP contribution in [0.1, 0.15) is 5.56 Å². The van der Waals surface area contributed by atoms with Gasteiger partial charge in [-0.05, 0) is 36.2 Å². The molecule has 0 bridgehead atoms. The molecule has 0 aliphatic carbocycles. The molecule has 2 aromatic rings. The molecular formula is C21H24FN3O4. The van der Waals surface area contributed by atoms with Gasteiger partial charge in [0.25, 0.3) is 0 Å². The van der Waals surface area contributed by atoms with Gasteiger partial charge in [-0.15, -0.1) is 0 Å². The Morgan fingerprint density at radius 2 is 1.79 bits per heavy atom. The van der Waals surface area contributed by atoms with Gasteiger partial charge in [0.05, 0.1) is 14.2 Å². The van der Waals surface area contributed by atoms with Crippen molar-refractivity contribution in [2.24, 2.45) is 0 Å². The fourth-order valence-corrected chi connectivity index (χ4v) is 3.19. The van der Waals surface area contributed by atoms with E-state index in [1.54, 1.807) is 42.3 Å². The molecule has 29 heavy (non-hydrogen) atoms. The Morgan fingerprint density at radius 1 is 1.07 bits per heavy atom. The molecule has 0 unspecified atom stereocenters. The molecule has 3 rings (SSSR count). The van der Waals surface area contributed by atoms with Crippen molar-refractivity contribution in [3.8, 4) is 11.5 Å². The maximum absolute atomic E-state index is 12.9. The molecule has 1 heterocycles. The first-order valence-corrected chi connectivity index (χ1v) is 9.31. The maximum Gasteiger partial charge on any atom is 0.325 e. The summed E-state index contributed by atoms with van der Waals surface area (Å²) in [6.07, 6.45) is 0.595. The highest BCUT2D eigenvalue weighted by atomic mass is 19.1. The Morgan fingerprint density at radius 3 is 2.48 bits per heavy atom. The number of nitrogens with zero attached hydrogens (tertiary/aromatic N) is 2. The van der Waals surface area contributed by atoms with Gasteiger partial charge in [0.1, 0.15) is 12.4 Å². The number of urea groups is 1. The molecule has 1 saturated heterocycles. The standard InChI is InChI=1S/C21H24FN3O4/c1-28-18-8-7-17(13-19(18)29-2)25-12-11-24(21(25)27)14-20(26)23-10-9-15-3-5-16(22)6-4-15/h3-8,13H,9-12,14H2,1-2H3,(H,23,26). The molecule has 154 valence electrons. The van der Waals surface area contributed by atoms with Crippen LogP contribution in [0.5, 0.6) is 11.5 Å². The molecule has 0 radical (unpaired) electrons. The number of hydrogen-bond acceptors (Lipinski definition) is 4. The van der Waals surface area contributed by atoms with Crippen molar-refractivity contribution >= 4 is 17.6 Å². The molecule has 0 atom stereocenters. The van der Waals surface area contributed by atoms with Crippen LogP contribution in [0.15, 0.2) is 42.5 Å². The Hall–Kier alpha value is -3.29. The number of methoxy groups -OCH3 is 2. The summed E-state index contributed by atoms with van der Waals surface area (Å²) in [5, 5.41) is 2.80. The van der Waals surface area contributed by atoms with Gasteiger partial charge in [0.15, 0.2) is 11.5 Å². The molecule has 3 amide bonds. The number of carbonyl (C=O) groups is 2. The van der Waals surface area contributed by atoms with Crippen LogP contribution in [0.25, 0.3) is 0 Å². The molecule has 7 nitrogen and oxygen atoms in total. The van der Waals surface area contributed by atoms with Gasteiger partial charge in [-0.2, -0.15) is 0 Å². The van der Waals surface area contributed by atoms with Crippen LogP contribution < -0.4 is 19.7 Å². The minimum Gasteiger partial charge on any atom is -0.493 e. The third-order valence-corrected chi connectivity index (χ3v) is 4.76. The topological polar surface area (TPSA) is 71.1 Å². The minimum atomic E-state index is -0.288. The van der Waals surface area contributed by atoms with Crippen molar-refractivity contribution < 1.29 is 23.5 Å². The van der Waals surface area contributed by atoms with Gasteiger partial charge in [-0.3, -0.25) is 9.69 Å². The van der Waals surface area contributed by atoms with Crippen molar-refractivity contribution in [2.45, 2.75) is 6.42 Å². The Kier molecular flexibility index (Phi) is 6.54. The molecular weight excluding hydrogens is 377 g/mol. The number of hydrogen-bond donors (Lipinski definition) is 1. The number of amides is 3. The number of anilines is 1. The Labute approximate surface area is 169 Å². The number of ether oxygens (including phenoxy) is 2. The Bertz CT molecular complexity index is 873. The van der Waals surface area contributed by atoms with Gasteiger partial charge in [0.2, 0.25) is 5.91 Å². The van der Waals surface area contributed by atoms with E-state index in [1.165, 1.54) is 24.1 Å². The second-order valence-electron chi connectivity index (χ2n) is 6.62. The van der Waals surface area contributed by atoms with Crippen LogP contribution in [-0.2, 0) is 11.2 Å². The molecule has 0 saturated carbocycles. The van der Waals surface area contributed by atoms with E-state index in [4.69, 9.17) is 9.47 Å². The third-order valence-electron chi connectivity index (χ3n) is 4.76. The van der Waals surface area contributed by atoms with Gasteiger partial charge in [-0.25, -0.2) is 9.18 Å². The van der Waals surface area contributed by atoms with Crippen molar-refractivity contribution in [1.29, 1.82) is 0 Å². The summed E-state index contributed by atoms with van der Waals surface area (Å²) < 4.78 is 23.4. The first kappa shape index (κ1) is 20.4. The molecule has 0 spiro atoms. The summed E-state index contributed by atoms with van der Waals surface area (Å²) in [4.78, 5) is 28.0. The molecule has 8 heteroatoms. The van der Waals surface area contributed by atoms with Crippen molar-refractivity contribution in [3.05, 3.63) is 53.8 Å². The molecule has 1 aliphatic rings. The molecule has 1 aliphatic heterocycles. The lowest BCUT2D eigenvalue weighted by Crippen LogP contribution is -2.40. The van der Waals surface area contributed by atoms with Crippen LogP contribution in [0.3, 0.4) is 0 Å². The molecule has 1 fully saturated rings. The van der Waals surface area contributed by atoms with Gasteiger partial charge >= 0.3 is 6.03 Å². The second-order valence-corrected chi connectivity index (χ2v) is 6.62. The lowest BCUT2D eigenvalue weighted by Gasteiger charge is -2.19. The quantitative estimate of drug-likeness (QED) is 0.738. The van der Waals surface area contributed by atoms with Crippen molar-refractivity contribution in [2.75, 3.05) is 45.3 Å². The lowest BCUT2D eigenvalue weighted by molar-refractivity contribution is -0.121. The average Bonchev–Trinajstić information content (AvgIpc) is 3.09. The van der Waals surface area contributed by atoms with E-state index in [9.17, 15) is 14.0 Å². The fourth-order valence-electron chi connectivity index (χ4n) is 3.19. The number of nitrogens with one attached hydrogen (secondary N) is 1. The monoisotopic (exact) mass is 401 g/mol. The van der Waals surface area contributed by atoms with E-state index in [1.807, 2.05) is 0 Å². The van der Waals surface area contributed by atoms with E-state index in [0.717, 1.165) is 5.56 Å². The van der Waals surface area contributed by atoms with E-state index in [2.05, 4.69) is 5.32 Å². The zero-order valence-corrected chi connectivity index (χ0v) is 16.5. The fraction of sp³-hybridized carbons (Fsp3) is 0.333. The minimum absolute atomic E-state index is 0.00790. The maximum atomic E-state index is 12.9. The molecule has 1 N–H and O–H groups in total. The highest BCUT2D eigenvalue weighted by Gasteiger charge is 2.31. The van der Waals surface area contributed by atoms with Gasteiger partial charge < -0.3 is 19.7 Å². The second kappa shape index (κ2) is 9.27. The predicted molar refractivity (Wildman–Crippen MR) is 107 cm³/mol. The number of benzene rings is 2. The van der Waals surface area contributed by atoms with Crippen molar-refractivity contribution in [3.63, 3.8) is 0 Å². The van der Waals surface area contributed by atoms with E-state index in [-0.39, 0.29) is 24.3 Å². The lowest BCUT2D eigenvalue weighted by atomic mass is 10.1. The average molecular weight is 401 g/mol. The number of halogens is 1. The third kappa shape index (κ3) is 4.96. The normalized spacial score (nSPS) is 13.6. The van der Waals surface area contributed by atoms with Crippen LogP contribution in [0.2, 0.25) is 0 Å². The zero-order chi connectivity index (χ0) is 20.8. The highest BCUT2D eigenvalue weighted by molar-refractivity contribution is 5.96. The molecule has 2 aromatic carbocycles. The highest BCUT2D eigenvalue weighted by Crippen LogP contribution is 2.32. The van der Waals surface area contributed by atoms with E-state index < -0.39 is 0 Å². The zero-order valence-electron chi connectivity index (χ0n) is 16.5. The summed E-state index contributed by atoms with van der Waals surface area (Å²) in [5.41, 5.74) is 1.62. The van der Waals surface area contributed by atoms with Gasteiger partial charge in [-0.1, -0.05) is 12.1 Å². The summed E-state index contributed by atoms with van der Waals surface area (Å²) in [5.74, 6) is 0.606. The van der Waals surface area contributed by atoms with E-state index in [0.29, 0.717) is 43.2 Å². The van der Waals surface area contributed by atoms with Crippen LogP contribution >= 0.6 is 0 Å². The molecule has 0 aromatic heterocycles. The first-order valence-electron chi connectivity index (χ1n) is 9.31. The Balaban J connectivity index is 1.51. The number of carbonyl (C=O) groups excluding carboxylic acids is 2. The summed E-state index contributed by atoms with van der Waals surface area (Å²) in [6.45, 7) is 1.35. The van der Waals surface area contributed by atoms with Crippen LogP contribution in [0.4, 0.5) is 14.9 Å². The van der Waals surface area contributed by atoms with E-state index >= 15 is 0 Å². The largest absolute Gasteiger partial charge is 0.493 e. The number of rotatable bonds is 8. The smallest absolute Gasteiger partial charge is 0.325 e. The predicted octanol–water partition coefficient (Wildman–Crippen LogP) is 2.44. The van der Waals surface area contributed by atoms with Crippen LogP contribution in [-0.4, -0.2) is 57.2 Å².